The minimum atomic E-state index is -0.0149. The molecule has 14 heavy (non-hydrogen) atoms. The van der Waals surface area contributed by atoms with Crippen LogP contribution in [0.2, 0.25) is 0 Å². The first-order chi connectivity index (χ1) is 6.86. The number of H-pyrrole nitrogens is 1. The third-order valence-electron chi connectivity index (χ3n) is 2.27. The molecule has 1 aliphatic rings. The van der Waals surface area contributed by atoms with Crippen LogP contribution in [0.4, 0.5) is 4.79 Å². The van der Waals surface area contributed by atoms with Gasteiger partial charge < -0.3 is 10.2 Å². The van der Waals surface area contributed by atoms with E-state index in [-0.39, 0.29) is 6.03 Å². The number of amides is 2. The van der Waals surface area contributed by atoms with Gasteiger partial charge in [0.2, 0.25) is 0 Å². The van der Waals surface area contributed by atoms with Crippen LogP contribution in [0.15, 0.2) is 6.33 Å². The second-order valence-electron chi connectivity index (χ2n) is 3.29. The van der Waals surface area contributed by atoms with Crippen LogP contribution < -0.4 is 5.32 Å². The van der Waals surface area contributed by atoms with Crippen molar-refractivity contribution in [3.8, 4) is 0 Å². The molecule has 0 aliphatic carbocycles. The Morgan fingerprint density at radius 2 is 2.36 bits per heavy atom. The van der Waals surface area contributed by atoms with Gasteiger partial charge in [-0.1, -0.05) is 0 Å². The zero-order valence-corrected chi connectivity index (χ0v) is 7.86. The number of rotatable bonds is 2. The molecule has 6 heteroatoms. The van der Waals surface area contributed by atoms with Crippen LogP contribution in [0.3, 0.4) is 0 Å². The Morgan fingerprint density at radius 1 is 1.57 bits per heavy atom. The summed E-state index contributed by atoms with van der Waals surface area (Å²) in [5, 5.41) is 9.17. The van der Waals surface area contributed by atoms with Gasteiger partial charge in [-0.15, -0.1) is 0 Å². The molecule has 0 saturated carbocycles. The highest BCUT2D eigenvalue weighted by Gasteiger charge is 2.17. The van der Waals surface area contributed by atoms with Gasteiger partial charge in [-0.05, 0) is 12.8 Å². The van der Waals surface area contributed by atoms with Crippen LogP contribution >= 0.6 is 0 Å². The molecule has 2 heterocycles. The molecule has 2 N–H and O–H groups in total. The lowest BCUT2D eigenvalue weighted by Crippen LogP contribution is -2.37. The van der Waals surface area contributed by atoms with Crippen molar-refractivity contribution in [1.29, 1.82) is 0 Å². The number of urea groups is 1. The Kier molecular flexibility index (Phi) is 2.62. The highest BCUT2D eigenvalue weighted by atomic mass is 16.2. The molecule has 76 valence electrons. The normalized spacial score (nSPS) is 15.9. The lowest BCUT2D eigenvalue weighted by atomic mass is 10.4. The Labute approximate surface area is 81.7 Å². The van der Waals surface area contributed by atoms with Crippen LogP contribution in [0.1, 0.15) is 18.7 Å². The van der Waals surface area contributed by atoms with Crippen molar-refractivity contribution in [2.45, 2.75) is 19.4 Å². The topological polar surface area (TPSA) is 73.9 Å². The van der Waals surface area contributed by atoms with E-state index < -0.39 is 0 Å². The molecule has 6 nitrogen and oxygen atoms in total. The van der Waals surface area contributed by atoms with Crippen molar-refractivity contribution in [2.24, 2.45) is 0 Å². The van der Waals surface area contributed by atoms with Gasteiger partial charge in [0.25, 0.3) is 0 Å². The molecule has 0 radical (unpaired) electrons. The van der Waals surface area contributed by atoms with E-state index in [1.807, 2.05) is 4.90 Å². The number of likely N-dealkylation sites (tertiary alicyclic amines) is 1. The Hall–Kier alpha value is -1.59. The summed E-state index contributed by atoms with van der Waals surface area (Å²) in [4.78, 5) is 17.2. The van der Waals surface area contributed by atoms with Gasteiger partial charge in [0.1, 0.15) is 12.2 Å². The molecular weight excluding hydrogens is 182 g/mol. The maximum Gasteiger partial charge on any atom is 0.317 e. The molecular formula is C8H13N5O. The summed E-state index contributed by atoms with van der Waals surface area (Å²) in [5.41, 5.74) is 0. The van der Waals surface area contributed by atoms with Crippen LogP contribution in [0.25, 0.3) is 0 Å². The zero-order valence-electron chi connectivity index (χ0n) is 7.86. The van der Waals surface area contributed by atoms with Crippen molar-refractivity contribution < 1.29 is 4.79 Å². The minimum Gasteiger partial charge on any atom is -0.331 e. The lowest BCUT2D eigenvalue weighted by molar-refractivity contribution is 0.208. The fourth-order valence-electron chi connectivity index (χ4n) is 1.51. The molecule has 1 fully saturated rings. The number of hydrogen-bond acceptors (Lipinski definition) is 3. The van der Waals surface area contributed by atoms with E-state index in [4.69, 9.17) is 0 Å². The Bertz CT molecular complexity index is 291. The second-order valence-corrected chi connectivity index (χ2v) is 3.29. The maximum atomic E-state index is 11.5. The van der Waals surface area contributed by atoms with Crippen molar-refractivity contribution >= 4 is 6.03 Å². The highest BCUT2D eigenvalue weighted by Crippen LogP contribution is 2.06. The fraction of sp³-hybridized carbons (Fsp3) is 0.625. The van der Waals surface area contributed by atoms with E-state index in [9.17, 15) is 4.79 Å². The van der Waals surface area contributed by atoms with Gasteiger partial charge >= 0.3 is 6.03 Å². The summed E-state index contributed by atoms with van der Waals surface area (Å²) >= 11 is 0. The molecule has 0 bridgehead atoms. The van der Waals surface area contributed by atoms with E-state index in [1.165, 1.54) is 6.33 Å². The summed E-state index contributed by atoms with van der Waals surface area (Å²) in [6.07, 6.45) is 3.64. The summed E-state index contributed by atoms with van der Waals surface area (Å²) in [6.45, 7) is 2.14. The monoisotopic (exact) mass is 195 g/mol. The number of hydrogen-bond donors (Lipinski definition) is 2. The highest BCUT2D eigenvalue weighted by molar-refractivity contribution is 5.74. The molecule has 0 spiro atoms. The van der Waals surface area contributed by atoms with E-state index in [2.05, 4.69) is 20.5 Å². The van der Waals surface area contributed by atoms with Gasteiger partial charge in [-0.25, -0.2) is 9.78 Å². The predicted octanol–water partition coefficient (Wildman–Crippen LogP) is 0.110. The number of carbonyl (C=O) groups is 1. The van der Waals surface area contributed by atoms with Gasteiger partial charge in [0, 0.05) is 13.1 Å². The molecule has 1 aromatic rings. The third kappa shape index (κ3) is 2.01. The van der Waals surface area contributed by atoms with E-state index >= 15 is 0 Å². The second kappa shape index (κ2) is 4.08. The van der Waals surface area contributed by atoms with Crippen LogP contribution in [0.5, 0.6) is 0 Å². The molecule has 1 aliphatic heterocycles. The van der Waals surface area contributed by atoms with Gasteiger partial charge in [-0.2, -0.15) is 5.10 Å². The molecule has 2 amide bonds. The average Bonchev–Trinajstić information content (AvgIpc) is 2.87. The number of aromatic amines is 1. The first-order valence-corrected chi connectivity index (χ1v) is 4.73. The van der Waals surface area contributed by atoms with Crippen LogP contribution in [-0.2, 0) is 6.54 Å². The smallest absolute Gasteiger partial charge is 0.317 e. The lowest BCUT2D eigenvalue weighted by Gasteiger charge is -2.15. The molecule has 1 saturated heterocycles. The SMILES string of the molecule is O=C(NCc1ncn[nH]1)N1CCCC1. The first kappa shape index (κ1) is 8.98. The van der Waals surface area contributed by atoms with Crippen LogP contribution in [-0.4, -0.2) is 39.2 Å². The van der Waals surface area contributed by atoms with E-state index in [0.29, 0.717) is 12.4 Å². The minimum absolute atomic E-state index is 0.0149. The summed E-state index contributed by atoms with van der Waals surface area (Å²) < 4.78 is 0. The fourth-order valence-corrected chi connectivity index (χ4v) is 1.51. The van der Waals surface area contributed by atoms with Crippen molar-refractivity contribution in [1.82, 2.24) is 25.4 Å². The van der Waals surface area contributed by atoms with E-state index in [1.54, 1.807) is 0 Å². The Morgan fingerprint density at radius 3 is 3.00 bits per heavy atom. The molecule has 0 unspecified atom stereocenters. The molecule has 2 rings (SSSR count). The largest absolute Gasteiger partial charge is 0.331 e. The number of carbonyl (C=O) groups excluding carboxylic acids is 1. The third-order valence-corrected chi connectivity index (χ3v) is 2.27. The van der Waals surface area contributed by atoms with Crippen LogP contribution in [0, 0.1) is 0 Å². The number of aromatic nitrogens is 3. The quantitative estimate of drug-likeness (QED) is 0.703. The molecule has 1 aromatic heterocycles. The van der Waals surface area contributed by atoms with Gasteiger partial charge in [0.05, 0.1) is 6.54 Å². The van der Waals surface area contributed by atoms with E-state index in [0.717, 1.165) is 25.9 Å². The molecule has 0 aromatic carbocycles. The molecule has 0 atom stereocenters. The standard InChI is InChI=1S/C8H13N5O/c14-8(13-3-1-2-4-13)9-5-7-10-6-11-12-7/h6H,1-5H2,(H,9,14)(H,10,11,12). The van der Waals surface area contributed by atoms with Gasteiger partial charge in [0.15, 0.2) is 0 Å². The maximum absolute atomic E-state index is 11.5. The summed E-state index contributed by atoms with van der Waals surface area (Å²) in [7, 11) is 0. The first-order valence-electron chi connectivity index (χ1n) is 4.73. The van der Waals surface area contributed by atoms with Crippen molar-refractivity contribution in [3.63, 3.8) is 0 Å². The van der Waals surface area contributed by atoms with Crippen molar-refractivity contribution in [2.75, 3.05) is 13.1 Å². The predicted molar refractivity (Wildman–Crippen MR) is 49.4 cm³/mol. The zero-order chi connectivity index (χ0) is 9.80. The summed E-state index contributed by atoms with van der Waals surface area (Å²) in [5.74, 6) is 0.678. The number of nitrogens with one attached hydrogen (secondary N) is 2. The number of nitrogens with zero attached hydrogens (tertiary/aromatic N) is 3. The van der Waals surface area contributed by atoms with Crippen molar-refractivity contribution in [3.05, 3.63) is 12.2 Å². The van der Waals surface area contributed by atoms with Gasteiger partial charge in [-0.3, -0.25) is 5.10 Å². The Balaban J connectivity index is 1.77. The summed E-state index contributed by atoms with van der Waals surface area (Å²) in [6, 6.07) is -0.0149. The average molecular weight is 195 g/mol.